The maximum atomic E-state index is 12.4. The SMILES string of the molecule is COC(=O)c1ccccc1N1CCN(C(=O)NCc2ccccc2)CC1. The van der Waals surface area contributed by atoms with Crippen LogP contribution in [0.5, 0.6) is 0 Å². The van der Waals surface area contributed by atoms with E-state index in [4.69, 9.17) is 4.74 Å². The molecule has 0 atom stereocenters. The van der Waals surface area contributed by atoms with Crippen LogP contribution in [0.1, 0.15) is 15.9 Å². The molecule has 0 aliphatic carbocycles. The molecule has 1 aliphatic heterocycles. The standard InChI is InChI=1S/C20H23N3O3/c1-26-19(24)17-9-5-6-10-18(17)22-11-13-23(14-12-22)20(25)21-15-16-7-3-2-4-8-16/h2-10H,11-15H2,1H3,(H,21,25). The van der Waals surface area contributed by atoms with Crippen LogP contribution in [0.3, 0.4) is 0 Å². The van der Waals surface area contributed by atoms with Crippen LogP contribution >= 0.6 is 0 Å². The fraction of sp³-hybridized carbons (Fsp3) is 0.300. The second kappa shape index (κ2) is 8.38. The maximum Gasteiger partial charge on any atom is 0.339 e. The van der Waals surface area contributed by atoms with Gasteiger partial charge in [-0.05, 0) is 17.7 Å². The van der Waals surface area contributed by atoms with Crippen molar-refractivity contribution >= 4 is 17.7 Å². The average molecular weight is 353 g/mol. The van der Waals surface area contributed by atoms with Crippen molar-refractivity contribution in [1.29, 1.82) is 0 Å². The molecule has 26 heavy (non-hydrogen) atoms. The Morgan fingerprint density at radius 1 is 0.962 bits per heavy atom. The van der Waals surface area contributed by atoms with Crippen molar-refractivity contribution in [2.75, 3.05) is 38.2 Å². The number of piperazine rings is 1. The molecule has 0 spiro atoms. The number of hydrogen-bond acceptors (Lipinski definition) is 4. The van der Waals surface area contributed by atoms with Gasteiger partial charge in [-0.1, -0.05) is 42.5 Å². The lowest BCUT2D eigenvalue weighted by Crippen LogP contribution is -2.52. The van der Waals surface area contributed by atoms with Gasteiger partial charge in [0.2, 0.25) is 0 Å². The number of ether oxygens (including phenoxy) is 1. The highest BCUT2D eigenvalue weighted by molar-refractivity contribution is 5.95. The first-order valence-corrected chi connectivity index (χ1v) is 8.68. The van der Waals surface area contributed by atoms with Gasteiger partial charge in [-0.25, -0.2) is 9.59 Å². The first-order chi connectivity index (χ1) is 12.7. The van der Waals surface area contributed by atoms with Gasteiger partial charge >= 0.3 is 12.0 Å². The third kappa shape index (κ3) is 4.14. The number of methoxy groups -OCH3 is 1. The number of amides is 2. The highest BCUT2D eigenvalue weighted by Gasteiger charge is 2.24. The van der Waals surface area contributed by atoms with E-state index in [9.17, 15) is 9.59 Å². The molecule has 0 radical (unpaired) electrons. The summed E-state index contributed by atoms with van der Waals surface area (Å²) >= 11 is 0. The number of para-hydroxylation sites is 1. The first kappa shape index (κ1) is 17.8. The number of urea groups is 1. The van der Waals surface area contributed by atoms with Gasteiger partial charge in [-0.3, -0.25) is 0 Å². The molecule has 0 bridgehead atoms. The van der Waals surface area contributed by atoms with Crippen LogP contribution in [0.25, 0.3) is 0 Å². The fourth-order valence-electron chi connectivity index (χ4n) is 3.07. The quantitative estimate of drug-likeness (QED) is 0.858. The van der Waals surface area contributed by atoms with Crippen LogP contribution in [0.2, 0.25) is 0 Å². The Hall–Kier alpha value is -3.02. The summed E-state index contributed by atoms with van der Waals surface area (Å²) in [5, 5.41) is 2.96. The zero-order valence-electron chi connectivity index (χ0n) is 14.9. The monoisotopic (exact) mass is 353 g/mol. The molecule has 0 unspecified atom stereocenters. The van der Waals surface area contributed by atoms with Crippen molar-refractivity contribution in [3.8, 4) is 0 Å². The van der Waals surface area contributed by atoms with Crippen LogP contribution in [0, 0.1) is 0 Å². The van der Waals surface area contributed by atoms with Crippen molar-refractivity contribution in [2.45, 2.75) is 6.54 Å². The van der Waals surface area contributed by atoms with Crippen LogP contribution in [0.4, 0.5) is 10.5 Å². The Morgan fingerprint density at radius 2 is 1.62 bits per heavy atom. The van der Waals surface area contributed by atoms with E-state index in [2.05, 4.69) is 10.2 Å². The third-order valence-corrected chi connectivity index (χ3v) is 4.50. The Balaban J connectivity index is 1.56. The first-order valence-electron chi connectivity index (χ1n) is 8.68. The lowest BCUT2D eigenvalue weighted by Gasteiger charge is -2.36. The Bertz CT molecular complexity index is 756. The largest absolute Gasteiger partial charge is 0.465 e. The number of esters is 1. The summed E-state index contributed by atoms with van der Waals surface area (Å²) in [6.45, 7) is 3.08. The van der Waals surface area contributed by atoms with Gasteiger partial charge in [0.15, 0.2) is 0 Å². The summed E-state index contributed by atoms with van der Waals surface area (Å²) in [5.74, 6) is -0.344. The molecule has 0 aromatic heterocycles. The fourth-order valence-corrected chi connectivity index (χ4v) is 3.07. The van der Waals surface area contributed by atoms with Crippen LogP contribution in [-0.2, 0) is 11.3 Å². The highest BCUT2D eigenvalue weighted by Crippen LogP contribution is 2.22. The Morgan fingerprint density at radius 3 is 2.31 bits per heavy atom. The van der Waals surface area contributed by atoms with Gasteiger partial charge in [-0.2, -0.15) is 0 Å². The lowest BCUT2D eigenvalue weighted by atomic mass is 10.1. The van der Waals surface area contributed by atoms with E-state index < -0.39 is 0 Å². The van der Waals surface area contributed by atoms with E-state index in [0.717, 1.165) is 11.3 Å². The van der Waals surface area contributed by atoms with Gasteiger partial charge in [-0.15, -0.1) is 0 Å². The second-order valence-corrected chi connectivity index (χ2v) is 6.13. The number of anilines is 1. The molecular formula is C20H23N3O3. The van der Waals surface area contributed by atoms with Gasteiger partial charge in [0.05, 0.1) is 18.4 Å². The van der Waals surface area contributed by atoms with E-state index in [-0.39, 0.29) is 12.0 Å². The number of nitrogens with one attached hydrogen (secondary N) is 1. The Kier molecular flexibility index (Phi) is 5.73. The zero-order valence-corrected chi connectivity index (χ0v) is 14.9. The van der Waals surface area contributed by atoms with Crippen molar-refractivity contribution in [3.63, 3.8) is 0 Å². The molecule has 6 heteroatoms. The lowest BCUT2D eigenvalue weighted by molar-refractivity contribution is 0.0601. The Labute approximate surface area is 153 Å². The molecule has 1 saturated heterocycles. The van der Waals surface area contributed by atoms with Crippen molar-refractivity contribution in [1.82, 2.24) is 10.2 Å². The summed E-state index contributed by atoms with van der Waals surface area (Å²) in [5.41, 5.74) is 2.48. The van der Waals surface area contributed by atoms with Crippen LogP contribution < -0.4 is 10.2 Å². The van der Waals surface area contributed by atoms with Gasteiger partial charge < -0.3 is 19.9 Å². The molecule has 1 N–H and O–H groups in total. The third-order valence-electron chi connectivity index (χ3n) is 4.50. The molecule has 1 aliphatic rings. The molecule has 2 aromatic carbocycles. The molecule has 1 heterocycles. The molecule has 3 rings (SSSR count). The topological polar surface area (TPSA) is 61.9 Å². The minimum Gasteiger partial charge on any atom is -0.465 e. The predicted octanol–water partition coefficient (Wildman–Crippen LogP) is 2.51. The summed E-state index contributed by atoms with van der Waals surface area (Å²) in [4.78, 5) is 28.2. The smallest absolute Gasteiger partial charge is 0.339 e. The van der Waals surface area contributed by atoms with E-state index in [1.807, 2.05) is 48.5 Å². The van der Waals surface area contributed by atoms with Crippen LogP contribution in [0.15, 0.2) is 54.6 Å². The van der Waals surface area contributed by atoms with Crippen molar-refractivity contribution < 1.29 is 14.3 Å². The summed E-state index contributed by atoms with van der Waals surface area (Å²) in [6, 6.07) is 17.2. The molecule has 0 saturated carbocycles. The number of carbonyl (C=O) groups is 2. The van der Waals surface area contributed by atoms with Crippen LogP contribution in [-0.4, -0.2) is 50.2 Å². The average Bonchev–Trinajstić information content (AvgIpc) is 2.72. The number of nitrogens with zero attached hydrogens (tertiary/aromatic N) is 2. The summed E-state index contributed by atoms with van der Waals surface area (Å²) < 4.78 is 4.86. The maximum absolute atomic E-state index is 12.4. The summed E-state index contributed by atoms with van der Waals surface area (Å²) in [7, 11) is 1.38. The highest BCUT2D eigenvalue weighted by atomic mass is 16.5. The molecule has 2 amide bonds. The zero-order chi connectivity index (χ0) is 18.4. The molecule has 2 aromatic rings. The minimum absolute atomic E-state index is 0.0604. The summed E-state index contributed by atoms with van der Waals surface area (Å²) in [6.07, 6.45) is 0. The minimum atomic E-state index is -0.344. The van der Waals surface area contributed by atoms with E-state index in [1.54, 1.807) is 11.0 Å². The number of hydrogen-bond donors (Lipinski definition) is 1. The van der Waals surface area contributed by atoms with Crippen molar-refractivity contribution in [2.24, 2.45) is 0 Å². The molecule has 136 valence electrons. The van der Waals surface area contributed by atoms with Gasteiger partial charge in [0, 0.05) is 32.7 Å². The van der Waals surface area contributed by atoms with E-state index in [1.165, 1.54) is 7.11 Å². The number of benzene rings is 2. The van der Waals surface area contributed by atoms with E-state index >= 15 is 0 Å². The number of carbonyl (C=O) groups excluding carboxylic acids is 2. The van der Waals surface area contributed by atoms with Gasteiger partial charge in [0.25, 0.3) is 0 Å². The second-order valence-electron chi connectivity index (χ2n) is 6.13. The molecule has 6 nitrogen and oxygen atoms in total. The number of rotatable bonds is 4. The predicted molar refractivity (Wildman–Crippen MR) is 100 cm³/mol. The van der Waals surface area contributed by atoms with Gasteiger partial charge in [0.1, 0.15) is 0 Å². The van der Waals surface area contributed by atoms with Crippen molar-refractivity contribution in [3.05, 3.63) is 65.7 Å². The molecule has 1 fully saturated rings. The van der Waals surface area contributed by atoms with E-state index in [0.29, 0.717) is 38.3 Å². The molecular weight excluding hydrogens is 330 g/mol. The normalized spacial score (nSPS) is 14.0.